The molecule has 1 amide bonds. The summed E-state index contributed by atoms with van der Waals surface area (Å²) in [5.41, 5.74) is 8.89. The van der Waals surface area contributed by atoms with Crippen LogP contribution in [-0.2, 0) is 11.2 Å². The standard InChI is InChI=1S/C24H31N3O3/c1-14-3-5-16(6-4-14)12-19(25)23(28)18-9-10-20(15(2)11-18)26-24(29)21-13-22(30-27-21)17-7-8-17/h3-6,13,15,17-20H,7-12,25H2,1-2H3,(H,26,29)/t15-,18?,19-,20?/m0/s1. The van der Waals surface area contributed by atoms with Crippen molar-refractivity contribution in [3.05, 3.63) is 52.9 Å². The molecule has 0 bridgehead atoms. The van der Waals surface area contributed by atoms with Crippen molar-refractivity contribution in [3.8, 4) is 0 Å². The number of nitrogens with one attached hydrogen (secondary N) is 1. The van der Waals surface area contributed by atoms with E-state index in [-0.39, 0.29) is 29.6 Å². The average molecular weight is 410 g/mol. The molecule has 2 unspecified atom stereocenters. The summed E-state index contributed by atoms with van der Waals surface area (Å²) >= 11 is 0. The number of carbonyl (C=O) groups is 2. The van der Waals surface area contributed by atoms with Gasteiger partial charge in [-0.05, 0) is 56.9 Å². The first kappa shape index (κ1) is 20.8. The number of Topliss-reactive ketones (excluding diaryl/α,β-unsaturated/α-hetero) is 1. The molecule has 2 aliphatic carbocycles. The van der Waals surface area contributed by atoms with Gasteiger partial charge in [0.05, 0.1) is 6.04 Å². The highest BCUT2D eigenvalue weighted by Crippen LogP contribution is 2.40. The fourth-order valence-electron chi connectivity index (χ4n) is 4.45. The molecule has 30 heavy (non-hydrogen) atoms. The monoisotopic (exact) mass is 409 g/mol. The van der Waals surface area contributed by atoms with Crippen molar-refractivity contribution in [1.29, 1.82) is 0 Å². The Kier molecular flexibility index (Phi) is 6.04. The Hall–Kier alpha value is -2.47. The Morgan fingerprint density at radius 2 is 1.93 bits per heavy atom. The zero-order valence-electron chi connectivity index (χ0n) is 17.8. The maximum absolute atomic E-state index is 12.9. The fourth-order valence-corrected chi connectivity index (χ4v) is 4.45. The Morgan fingerprint density at radius 3 is 2.60 bits per heavy atom. The maximum Gasteiger partial charge on any atom is 0.273 e. The smallest absolute Gasteiger partial charge is 0.273 e. The molecule has 4 atom stereocenters. The van der Waals surface area contributed by atoms with Gasteiger partial charge in [0.1, 0.15) is 5.76 Å². The lowest BCUT2D eigenvalue weighted by molar-refractivity contribution is -0.125. The van der Waals surface area contributed by atoms with Crippen molar-refractivity contribution in [3.63, 3.8) is 0 Å². The molecule has 2 saturated carbocycles. The number of amides is 1. The van der Waals surface area contributed by atoms with Gasteiger partial charge in [-0.1, -0.05) is 41.9 Å². The van der Waals surface area contributed by atoms with Gasteiger partial charge in [-0.2, -0.15) is 0 Å². The molecule has 0 aliphatic heterocycles. The Bertz CT molecular complexity index is 901. The third kappa shape index (κ3) is 4.81. The van der Waals surface area contributed by atoms with Crippen LogP contribution in [0.25, 0.3) is 0 Å². The molecule has 0 saturated heterocycles. The molecule has 0 radical (unpaired) electrons. The van der Waals surface area contributed by atoms with Crippen molar-refractivity contribution in [2.45, 2.75) is 70.4 Å². The highest BCUT2D eigenvalue weighted by molar-refractivity contribution is 5.92. The Labute approximate surface area is 177 Å². The minimum Gasteiger partial charge on any atom is -0.360 e. The van der Waals surface area contributed by atoms with Gasteiger partial charge < -0.3 is 15.6 Å². The molecule has 6 heteroatoms. The van der Waals surface area contributed by atoms with Crippen molar-refractivity contribution < 1.29 is 14.1 Å². The van der Waals surface area contributed by atoms with E-state index in [0.29, 0.717) is 18.0 Å². The summed E-state index contributed by atoms with van der Waals surface area (Å²) in [6, 6.07) is 9.49. The maximum atomic E-state index is 12.9. The van der Waals surface area contributed by atoms with E-state index in [1.54, 1.807) is 6.07 Å². The topological polar surface area (TPSA) is 98.2 Å². The van der Waals surface area contributed by atoms with Crippen molar-refractivity contribution in [2.24, 2.45) is 17.6 Å². The van der Waals surface area contributed by atoms with E-state index >= 15 is 0 Å². The minimum atomic E-state index is -0.480. The molecule has 1 aromatic heterocycles. The average Bonchev–Trinajstić information content (AvgIpc) is 3.47. The first-order valence-electron chi connectivity index (χ1n) is 11.0. The van der Waals surface area contributed by atoms with Crippen LogP contribution in [0.2, 0.25) is 0 Å². The Balaban J connectivity index is 1.28. The fraction of sp³-hybridized carbons (Fsp3) is 0.542. The second kappa shape index (κ2) is 8.72. The first-order chi connectivity index (χ1) is 14.4. The molecule has 2 aliphatic rings. The normalized spacial score (nSPS) is 25.0. The largest absolute Gasteiger partial charge is 0.360 e. The lowest BCUT2D eigenvalue weighted by atomic mass is 9.75. The zero-order valence-corrected chi connectivity index (χ0v) is 17.8. The molecular weight excluding hydrogens is 378 g/mol. The summed E-state index contributed by atoms with van der Waals surface area (Å²) < 4.78 is 5.29. The third-order valence-electron chi connectivity index (χ3n) is 6.57. The van der Waals surface area contributed by atoms with Gasteiger partial charge in [0, 0.05) is 23.9 Å². The molecule has 1 aromatic carbocycles. The molecule has 2 fully saturated rings. The molecule has 160 valence electrons. The van der Waals surface area contributed by atoms with E-state index in [1.807, 2.05) is 31.2 Å². The number of hydrogen-bond donors (Lipinski definition) is 2. The van der Waals surface area contributed by atoms with Gasteiger partial charge in [0.15, 0.2) is 11.5 Å². The lowest BCUT2D eigenvalue weighted by Crippen LogP contribution is -2.46. The van der Waals surface area contributed by atoms with Crippen LogP contribution in [0.3, 0.4) is 0 Å². The van der Waals surface area contributed by atoms with E-state index in [9.17, 15) is 9.59 Å². The van der Waals surface area contributed by atoms with Gasteiger partial charge in [0.2, 0.25) is 0 Å². The molecule has 6 nitrogen and oxygen atoms in total. The predicted octanol–water partition coefficient (Wildman–Crippen LogP) is 3.53. The third-order valence-corrected chi connectivity index (χ3v) is 6.57. The summed E-state index contributed by atoms with van der Waals surface area (Å²) in [5.74, 6) is 1.36. The first-order valence-corrected chi connectivity index (χ1v) is 11.0. The number of nitrogens with two attached hydrogens (primary N) is 1. The number of carbonyl (C=O) groups excluding carboxylic acids is 2. The Morgan fingerprint density at radius 1 is 1.20 bits per heavy atom. The summed E-state index contributed by atoms with van der Waals surface area (Å²) in [6.45, 7) is 4.14. The highest BCUT2D eigenvalue weighted by Gasteiger charge is 2.35. The van der Waals surface area contributed by atoms with Crippen LogP contribution in [0.5, 0.6) is 0 Å². The summed E-state index contributed by atoms with van der Waals surface area (Å²) in [5, 5.41) is 7.01. The molecule has 4 rings (SSSR count). The van der Waals surface area contributed by atoms with E-state index < -0.39 is 6.04 Å². The highest BCUT2D eigenvalue weighted by atomic mass is 16.5. The van der Waals surface area contributed by atoms with Crippen LogP contribution in [0.15, 0.2) is 34.9 Å². The number of aryl methyl sites for hydroxylation is 1. The SMILES string of the molecule is Cc1ccc(C[C@H](N)C(=O)C2CCC(NC(=O)c3cc(C4CC4)on3)[C@@H](C)C2)cc1. The van der Waals surface area contributed by atoms with Crippen LogP contribution in [0, 0.1) is 18.8 Å². The van der Waals surface area contributed by atoms with Crippen molar-refractivity contribution >= 4 is 11.7 Å². The van der Waals surface area contributed by atoms with E-state index in [1.165, 1.54) is 5.56 Å². The summed E-state index contributed by atoms with van der Waals surface area (Å²) in [6.07, 6.45) is 5.06. The second-order valence-electron chi connectivity index (χ2n) is 9.15. The number of aromatic nitrogens is 1. The lowest BCUT2D eigenvalue weighted by Gasteiger charge is -2.34. The van der Waals surface area contributed by atoms with Gasteiger partial charge in [-0.25, -0.2) is 0 Å². The van der Waals surface area contributed by atoms with E-state index in [2.05, 4.69) is 17.4 Å². The molecule has 3 N–H and O–H groups in total. The zero-order chi connectivity index (χ0) is 21.3. The van der Waals surface area contributed by atoms with Crippen LogP contribution < -0.4 is 11.1 Å². The number of rotatable bonds is 7. The van der Waals surface area contributed by atoms with E-state index in [0.717, 1.165) is 43.4 Å². The van der Waals surface area contributed by atoms with Crippen LogP contribution in [-0.4, -0.2) is 28.9 Å². The molecule has 1 heterocycles. The van der Waals surface area contributed by atoms with Gasteiger partial charge in [-0.15, -0.1) is 0 Å². The summed E-state index contributed by atoms with van der Waals surface area (Å²) in [4.78, 5) is 25.4. The second-order valence-corrected chi connectivity index (χ2v) is 9.15. The molecular formula is C24H31N3O3. The number of hydrogen-bond acceptors (Lipinski definition) is 5. The van der Waals surface area contributed by atoms with E-state index in [4.69, 9.17) is 10.3 Å². The number of nitrogens with zero attached hydrogens (tertiary/aromatic N) is 1. The number of ketones is 1. The van der Waals surface area contributed by atoms with Crippen LogP contribution in [0.1, 0.15) is 72.3 Å². The number of benzene rings is 1. The minimum absolute atomic E-state index is 0.0379. The molecule has 0 spiro atoms. The van der Waals surface area contributed by atoms with Gasteiger partial charge in [0.25, 0.3) is 5.91 Å². The van der Waals surface area contributed by atoms with Crippen LogP contribution >= 0.6 is 0 Å². The van der Waals surface area contributed by atoms with Gasteiger partial charge in [-0.3, -0.25) is 9.59 Å². The quantitative estimate of drug-likeness (QED) is 0.729. The predicted molar refractivity (Wildman–Crippen MR) is 114 cm³/mol. The van der Waals surface area contributed by atoms with Crippen molar-refractivity contribution in [2.75, 3.05) is 0 Å². The molecule has 2 aromatic rings. The van der Waals surface area contributed by atoms with Gasteiger partial charge >= 0.3 is 0 Å². The summed E-state index contributed by atoms with van der Waals surface area (Å²) in [7, 11) is 0. The van der Waals surface area contributed by atoms with Crippen LogP contribution in [0.4, 0.5) is 0 Å². The van der Waals surface area contributed by atoms with Crippen molar-refractivity contribution in [1.82, 2.24) is 10.5 Å².